The van der Waals surface area contributed by atoms with Gasteiger partial charge in [-0.1, -0.05) is 37.3 Å². The van der Waals surface area contributed by atoms with Crippen molar-refractivity contribution in [1.82, 2.24) is 34.4 Å². The van der Waals surface area contributed by atoms with E-state index in [2.05, 4.69) is 34.7 Å². The molecule has 0 radical (unpaired) electrons. The number of ether oxygens (including phenoxy) is 3. The number of rotatable bonds is 9. The number of hydrogen-bond donors (Lipinski definition) is 0. The van der Waals surface area contributed by atoms with Crippen LogP contribution in [0.1, 0.15) is 93.5 Å². The summed E-state index contributed by atoms with van der Waals surface area (Å²) >= 11 is 1.62. The first-order valence-electron chi connectivity index (χ1n) is 19.5. The lowest BCUT2D eigenvalue weighted by molar-refractivity contribution is -0.0366. The van der Waals surface area contributed by atoms with Crippen molar-refractivity contribution in [3.8, 4) is 23.1 Å². The molecule has 10 nitrogen and oxygen atoms in total. The van der Waals surface area contributed by atoms with Crippen molar-refractivity contribution in [2.45, 2.75) is 102 Å². The van der Waals surface area contributed by atoms with E-state index >= 15 is 0 Å². The first-order valence-corrected chi connectivity index (χ1v) is 20.3. The average Bonchev–Trinajstić information content (AvgIpc) is 3.99. The summed E-state index contributed by atoms with van der Waals surface area (Å²) in [5.41, 5.74) is 7.75. The van der Waals surface area contributed by atoms with Gasteiger partial charge in [-0.15, -0.1) is 11.3 Å². The Balaban J connectivity index is 1.13. The Labute approximate surface area is 312 Å². The summed E-state index contributed by atoms with van der Waals surface area (Å²) in [6.45, 7) is 5.16. The van der Waals surface area contributed by atoms with Crippen molar-refractivity contribution in [2.24, 2.45) is 7.05 Å². The number of aromatic nitrogens is 6. The molecular formula is C41H46FN7O3S. The molecule has 12 heteroatoms. The molecule has 3 fully saturated rings. The molecule has 0 spiro atoms. The van der Waals surface area contributed by atoms with Gasteiger partial charge < -0.3 is 14.2 Å². The minimum absolute atomic E-state index is 0.0558. The Bertz CT molecular complexity index is 2310. The number of benzene rings is 2. The molecule has 276 valence electrons. The van der Waals surface area contributed by atoms with E-state index in [0.29, 0.717) is 38.0 Å². The molecule has 7 heterocycles. The van der Waals surface area contributed by atoms with Gasteiger partial charge in [-0.3, -0.25) is 9.58 Å². The zero-order valence-electron chi connectivity index (χ0n) is 30.5. The Hall–Kier alpha value is -4.13. The maximum atomic E-state index is 14.6. The molecule has 4 aromatic heterocycles. The third-order valence-electron chi connectivity index (χ3n) is 12.3. The average molecular weight is 736 g/mol. The van der Waals surface area contributed by atoms with E-state index < -0.39 is 6.17 Å². The Morgan fingerprint density at radius 1 is 1.08 bits per heavy atom. The lowest BCUT2D eigenvalue weighted by Gasteiger charge is -2.30. The van der Waals surface area contributed by atoms with E-state index in [9.17, 15) is 4.39 Å². The highest BCUT2D eigenvalue weighted by Gasteiger charge is 2.49. The molecule has 0 saturated carbocycles. The molecule has 53 heavy (non-hydrogen) atoms. The summed E-state index contributed by atoms with van der Waals surface area (Å²) in [6.07, 6.45) is 11.3. The molecule has 3 saturated heterocycles. The largest absolute Gasteiger partial charge is 0.472 e. The molecule has 4 atom stereocenters. The number of alkyl halides is 1. The number of fused-ring (bicyclic) bond motifs is 6. The SMILES string of the molecule is CC[C@@H]1CCCc2cc3c(cnn3C3CCCCO3)c(-c3nn(C)c4c3sc3nc(OC[C@@]56CCCN5C[C@H](F)C6)nc(OCc5ccccc5)c34)c21. The third kappa shape index (κ3) is 5.62. The topological polar surface area (TPSA) is 92.3 Å². The molecule has 0 bridgehead atoms. The van der Waals surface area contributed by atoms with Gasteiger partial charge in [0.1, 0.15) is 29.9 Å². The highest BCUT2D eigenvalue weighted by atomic mass is 32.1. The number of halogens is 1. The van der Waals surface area contributed by atoms with Crippen molar-refractivity contribution in [3.63, 3.8) is 0 Å². The van der Waals surface area contributed by atoms with Crippen molar-refractivity contribution >= 4 is 42.7 Å². The van der Waals surface area contributed by atoms with Gasteiger partial charge in [0.2, 0.25) is 5.88 Å². The highest BCUT2D eigenvalue weighted by molar-refractivity contribution is 7.26. The first kappa shape index (κ1) is 33.4. The number of thiophene rings is 1. The molecule has 1 unspecified atom stereocenters. The van der Waals surface area contributed by atoms with Gasteiger partial charge in [0.15, 0.2) is 6.23 Å². The van der Waals surface area contributed by atoms with Crippen LogP contribution in [0.25, 0.3) is 42.6 Å². The van der Waals surface area contributed by atoms with Gasteiger partial charge in [0.05, 0.1) is 32.9 Å². The molecule has 4 aliphatic rings. The predicted molar refractivity (Wildman–Crippen MR) is 205 cm³/mol. The maximum absolute atomic E-state index is 14.6. The molecule has 1 aliphatic carbocycles. The first-order chi connectivity index (χ1) is 26.0. The Morgan fingerprint density at radius 2 is 1.98 bits per heavy atom. The molecule has 0 amide bonds. The van der Waals surface area contributed by atoms with E-state index in [0.717, 1.165) is 107 Å². The van der Waals surface area contributed by atoms with Crippen LogP contribution in [-0.2, 0) is 24.8 Å². The summed E-state index contributed by atoms with van der Waals surface area (Å²) in [7, 11) is 2.01. The highest BCUT2D eigenvalue weighted by Crippen LogP contribution is 2.50. The normalized spacial score (nSPS) is 24.7. The second-order valence-electron chi connectivity index (χ2n) is 15.5. The fourth-order valence-corrected chi connectivity index (χ4v) is 11.0. The van der Waals surface area contributed by atoms with Gasteiger partial charge in [-0.2, -0.15) is 20.2 Å². The summed E-state index contributed by atoms with van der Waals surface area (Å²) in [4.78, 5) is 13.0. The van der Waals surface area contributed by atoms with Crippen LogP contribution in [0.5, 0.6) is 11.9 Å². The number of aryl methyl sites for hydroxylation is 2. The van der Waals surface area contributed by atoms with Crippen LogP contribution in [0.3, 0.4) is 0 Å². The van der Waals surface area contributed by atoms with Gasteiger partial charge in [0, 0.05) is 37.6 Å². The monoisotopic (exact) mass is 735 g/mol. The van der Waals surface area contributed by atoms with Crippen LogP contribution in [0.2, 0.25) is 0 Å². The molecule has 10 rings (SSSR count). The fourth-order valence-electron chi connectivity index (χ4n) is 9.78. The predicted octanol–water partition coefficient (Wildman–Crippen LogP) is 8.66. The van der Waals surface area contributed by atoms with Gasteiger partial charge in [0.25, 0.3) is 0 Å². The molecule has 2 aromatic carbocycles. The standard InChI is InChI=1S/C41H46FN7O3S/c1-3-26-13-9-14-27-19-30-29(21-43-49(30)31-15-7-8-18-50-31)33(32(26)27)35-37-36(47(2)46-35)34-38(51-23-25-11-5-4-6-12-25)44-40(45-39(34)53-37)52-24-41-16-10-17-48(41)22-28(42)20-41/h4-6,11-12,19,21,26,28,31H,3,7-10,13-18,20,22-24H2,1-2H3/t26-,28-,31?,41+/m1/s1. The Morgan fingerprint density at radius 3 is 2.83 bits per heavy atom. The molecule has 3 aliphatic heterocycles. The number of nitrogens with zero attached hydrogens (tertiary/aromatic N) is 7. The lowest BCUT2D eigenvalue weighted by Crippen LogP contribution is -2.43. The van der Waals surface area contributed by atoms with Gasteiger partial charge in [-0.25, -0.2) is 9.07 Å². The van der Waals surface area contributed by atoms with Gasteiger partial charge >= 0.3 is 6.01 Å². The second-order valence-corrected chi connectivity index (χ2v) is 16.5. The van der Waals surface area contributed by atoms with Crippen LogP contribution < -0.4 is 9.47 Å². The zero-order valence-corrected chi connectivity index (χ0v) is 31.3. The van der Waals surface area contributed by atoms with Crippen molar-refractivity contribution in [1.29, 1.82) is 0 Å². The minimum atomic E-state index is -0.828. The molecular weight excluding hydrogens is 690 g/mol. The van der Waals surface area contributed by atoms with Crippen LogP contribution in [0.15, 0.2) is 42.6 Å². The number of hydrogen-bond acceptors (Lipinski definition) is 9. The van der Waals surface area contributed by atoms with E-state index in [1.165, 1.54) is 23.1 Å². The van der Waals surface area contributed by atoms with Crippen LogP contribution >= 0.6 is 11.3 Å². The van der Waals surface area contributed by atoms with Crippen LogP contribution in [0, 0.1) is 0 Å². The summed E-state index contributed by atoms with van der Waals surface area (Å²) in [6, 6.07) is 12.8. The van der Waals surface area contributed by atoms with Gasteiger partial charge in [-0.05, 0) is 93.0 Å². The summed E-state index contributed by atoms with van der Waals surface area (Å²) in [5.74, 6) is 0.914. The zero-order chi connectivity index (χ0) is 35.7. The third-order valence-corrected chi connectivity index (χ3v) is 13.4. The maximum Gasteiger partial charge on any atom is 0.321 e. The van der Waals surface area contributed by atoms with E-state index in [1.807, 2.05) is 36.1 Å². The van der Waals surface area contributed by atoms with Crippen molar-refractivity contribution < 1.29 is 18.6 Å². The molecule has 6 aromatic rings. The van der Waals surface area contributed by atoms with E-state index in [4.69, 9.17) is 34.4 Å². The van der Waals surface area contributed by atoms with E-state index in [-0.39, 0.29) is 17.8 Å². The second kappa shape index (κ2) is 13.3. The minimum Gasteiger partial charge on any atom is -0.472 e. The van der Waals surface area contributed by atoms with Crippen molar-refractivity contribution in [2.75, 3.05) is 26.3 Å². The molecule has 0 N–H and O–H groups in total. The van der Waals surface area contributed by atoms with Crippen LogP contribution in [-0.4, -0.2) is 72.4 Å². The summed E-state index contributed by atoms with van der Waals surface area (Å²) in [5, 5.41) is 12.3. The quantitative estimate of drug-likeness (QED) is 0.146. The fraction of sp³-hybridized carbons (Fsp3) is 0.512. The smallest absolute Gasteiger partial charge is 0.321 e. The van der Waals surface area contributed by atoms with E-state index in [1.54, 1.807) is 11.3 Å². The Kier molecular flexibility index (Phi) is 8.40. The van der Waals surface area contributed by atoms with Crippen molar-refractivity contribution in [3.05, 3.63) is 59.3 Å². The van der Waals surface area contributed by atoms with Crippen LogP contribution in [0.4, 0.5) is 4.39 Å². The summed E-state index contributed by atoms with van der Waals surface area (Å²) < 4.78 is 39.0. The lowest BCUT2D eigenvalue weighted by atomic mass is 9.77.